The van der Waals surface area contributed by atoms with E-state index < -0.39 is 0 Å². The molecule has 4 nitrogen and oxygen atoms in total. The van der Waals surface area contributed by atoms with E-state index in [2.05, 4.69) is 0 Å². The summed E-state index contributed by atoms with van der Waals surface area (Å²) in [6, 6.07) is 7.70. The summed E-state index contributed by atoms with van der Waals surface area (Å²) in [5.74, 6) is 0.836. The molecule has 1 unspecified atom stereocenters. The lowest BCUT2D eigenvalue weighted by Gasteiger charge is -2.12. The fraction of sp³-hybridized carbons (Fsp3) is 0.357. The van der Waals surface area contributed by atoms with Crippen LogP contribution in [0, 0.1) is 0 Å². The molecule has 1 aromatic carbocycles. The highest BCUT2D eigenvalue weighted by Crippen LogP contribution is 2.13. The molecule has 2 N–H and O–H groups in total. The topological polar surface area (TPSA) is 55.6 Å². The van der Waals surface area contributed by atoms with Gasteiger partial charge < -0.3 is 15.4 Å². The molecular weight excluding hydrogens is 228 g/mol. The molecule has 1 aliphatic rings. The van der Waals surface area contributed by atoms with Gasteiger partial charge in [-0.3, -0.25) is 4.79 Å². The molecule has 18 heavy (non-hydrogen) atoms. The largest absolute Gasteiger partial charge is 0.497 e. The number of carbonyl (C=O) groups is 1. The van der Waals surface area contributed by atoms with Gasteiger partial charge in [-0.25, -0.2) is 0 Å². The van der Waals surface area contributed by atoms with Crippen molar-refractivity contribution in [3.63, 3.8) is 0 Å². The smallest absolute Gasteiger partial charge is 0.246 e. The first kappa shape index (κ1) is 12.6. The minimum Gasteiger partial charge on any atom is -0.497 e. The van der Waals surface area contributed by atoms with E-state index in [0.717, 1.165) is 24.3 Å². The van der Waals surface area contributed by atoms with Gasteiger partial charge >= 0.3 is 0 Å². The first-order chi connectivity index (χ1) is 8.69. The molecule has 1 heterocycles. The van der Waals surface area contributed by atoms with Gasteiger partial charge in [0.2, 0.25) is 5.91 Å². The van der Waals surface area contributed by atoms with E-state index in [1.807, 2.05) is 30.3 Å². The Morgan fingerprint density at radius 1 is 1.44 bits per heavy atom. The van der Waals surface area contributed by atoms with Gasteiger partial charge in [0, 0.05) is 25.2 Å². The monoisotopic (exact) mass is 246 g/mol. The second-order valence-electron chi connectivity index (χ2n) is 4.44. The zero-order valence-corrected chi connectivity index (χ0v) is 10.5. The van der Waals surface area contributed by atoms with Crippen molar-refractivity contribution >= 4 is 12.0 Å². The van der Waals surface area contributed by atoms with Crippen LogP contribution in [0.25, 0.3) is 6.08 Å². The maximum atomic E-state index is 11.8. The van der Waals surface area contributed by atoms with Crippen LogP contribution in [0.15, 0.2) is 30.3 Å². The first-order valence-corrected chi connectivity index (χ1v) is 6.05. The van der Waals surface area contributed by atoms with Crippen LogP contribution in [-0.2, 0) is 4.79 Å². The number of benzene rings is 1. The SMILES string of the molecule is COc1ccc(C=CC(=O)N2CCC(N)C2)cc1. The maximum Gasteiger partial charge on any atom is 0.246 e. The van der Waals surface area contributed by atoms with Gasteiger partial charge in [-0.2, -0.15) is 0 Å². The number of methoxy groups -OCH3 is 1. The van der Waals surface area contributed by atoms with Crippen molar-refractivity contribution in [2.24, 2.45) is 5.73 Å². The Morgan fingerprint density at radius 3 is 2.72 bits per heavy atom. The average Bonchev–Trinajstić information content (AvgIpc) is 2.83. The number of nitrogens with two attached hydrogens (primary N) is 1. The third-order valence-electron chi connectivity index (χ3n) is 3.07. The molecule has 4 heteroatoms. The van der Waals surface area contributed by atoms with Crippen LogP contribution in [0.4, 0.5) is 0 Å². The third-order valence-corrected chi connectivity index (χ3v) is 3.07. The van der Waals surface area contributed by atoms with E-state index in [9.17, 15) is 4.79 Å². The van der Waals surface area contributed by atoms with Gasteiger partial charge in [0.05, 0.1) is 7.11 Å². The number of hydrogen-bond acceptors (Lipinski definition) is 3. The van der Waals surface area contributed by atoms with Gasteiger partial charge in [0.15, 0.2) is 0 Å². The summed E-state index contributed by atoms with van der Waals surface area (Å²) >= 11 is 0. The maximum absolute atomic E-state index is 11.8. The molecule has 1 atom stereocenters. The summed E-state index contributed by atoms with van der Waals surface area (Å²) in [5, 5.41) is 0. The lowest BCUT2D eigenvalue weighted by molar-refractivity contribution is -0.124. The highest BCUT2D eigenvalue weighted by Gasteiger charge is 2.21. The third kappa shape index (κ3) is 3.11. The predicted octanol–water partition coefficient (Wildman–Crippen LogP) is 1.27. The zero-order chi connectivity index (χ0) is 13.0. The molecular formula is C14H18N2O2. The molecule has 0 bridgehead atoms. The predicted molar refractivity (Wildman–Crippen MR) is 71.2 cm³/mol. The van der Waals surface area contributed by atoms with E-state index in [1.54, 1.807) is 18.1 Å². The van der Waals surface area contributed by atoms with Gasteiger partial charge in [-0.15, -0.1) is 0 Å². The number of likely N-dealkylation sites (tertiary alicyclic amines) is 1. The highest BCUT2D eigenvalue weighted by atomic mass is 16.5. The molecule has 1 amide bonds. The number of hydrogen-bond donors (Lipinski definition) is 1. The van der Waals surface area contributed by atoms with Gasteiger partial charge in [-0.1, -0.05) is 12.1 Å². The lowest BCUT2D eigenvalue weighted by atomic mass is 10.2. The average molecular weight is 246 g/mol. The van der Waals surface area contributed by atoms with Crippen LogP contribution in [0.1, 0.15) is 12.0 Å². The molecule has 0 saturated carbocycles. The lowest BCUT2D eigenvalue weighted by Crippen LogP contribution is -2.30. The number of ether oxygens (including phenoxy) is 1. The Kier molecular flexibility index (Phi) is 3.99. The molecule has 1 aliphatic heterocycles. The summed E-state index contributed by atoms with van der Waals surface area (Å²) < 4.78 is 5.07. The number of amides is 1. The van der Waals surface area contributed by atoms with Crippen LogP contribution < -0.4 is 10.5 Å². The molecule has 1 fully saturated rings. The van der Waals surface area contributed by atoms with Gasteiger partial charge in [-0.05, 0) is 30.2 Å². The standard InChI is InChI=1S/C14H18N2O2/c1-18-13-5-2-11(3-6-13)4-7-14(17)16-9-8-12(15)10-16/h2-7,12H,8-10,15H2,1H3. The van der Waals surface area contributed by atoms with E-state index in [4.69, 9.17) is 10.5 Å². The Bertz CT molecular complexity index is 440. The number of nitrogens with zero attached hydrogens (tertiary/aromatic N) is 1. The minimum atomic E-state index is 0.0266. The molecule has 0 spiro atoms. The molecule has 1 saturated heterocycles. The van der Waals surface area contributed by atoms with Crippen molar-refractivity contribution in [2.45, 2.75) is 12.5 Å². The van der Waals surface area contributed by atoms with Crippen LogP contribution >= 0.6 is 0 Å². The molecule has 0 aliphatic carbocycles. The summed E-state index contributed by atoms with van der Waals surface area (Å²) in [4.78, 5) is 13.6. The van der Waals surface area contributed by atoms with Crippen LogP contribution in [0.3, 0.4) is 0 Å². The van der Waals surface area contributed by atoms with Crippen molar-refractivity contribution in [1.29, 1.82) is 0 Å². The second kappa shape index (κ2) is 5.69. The summed E-state index contributed by atoms with van der Waals surface area (Å²) in [6.07, 6.45) is 4.30. The number of carbonyl (C=O) groups excluding carboxylic acids is 1. The van der Waals surface area contributed by atoms with E-state index in [-0.39, 0.29) is 11.9 Å². The quantitative estimate of drug-likeness (QED) is 0.817. The molecule has 0 radical (unpaired) electrons. The highest BCUT2D eigenvalue weighted by molar-refractivity contribution is 5.92. The van der Waals surface area contributed by atoms with E-state index in [0.29, 0.717) is 6.54 Å². The van der Waals surface area contributed by atoms with Gasteiger partial charge in [0.25, 0.3) is 0 Å². The Morgan fingerprint density at radius 2 is 2.17 bits per heavy atom. The summed E-state index contributed by atoms with van der Waals surface area (Å²) in [6.45, 7) is 1.42. The molecule has 2 rings (SSSR count). The van der Waals surface area contributed by atoms with Crippen LogP contribution in [-0.4, -0.2) is 37.0 Å². The summed E-state index contributed by atoms with van der Waals surface area (Å²) in [7, 11) is 1.63. The molecule has 0 aromatic heterocycles. The van der Waals surface area contributed by atoms with E-state index in [1.165, 1.54) is 0 Å². The number of rotatable bonds is 3. The first-order valence-electron chi connectivity index (χ1n) is 6.05. The minimum absolute atomic E-state index is 0.0266. The fourth-order valence-corrected chi connectivity index (χ4v) is 1.98. The molecule has 96 valence electrons. The Hall–Kier alpha value is -1.81. The Balaban J connectivity index is 1.95. The molecule has 1 aromatic rings. The van der Waals surface area contributed by atoms with Crippen molar-refractivity contribution in [1.82, 2.24) is 4.90 Å². The van der Waals surface area contributed by atoms with Crippen molar-refractivity contribution in [2.75, 3.05) is 20.2 Å². The van der Waals surface area contributed by atoms with Crippen molar-refractivity contribution in [3.8, 4) is 5.75 Å². The normalized spacial score (nSPS) is 19.4. The van der Waals surface area contributed by atoms with Gasteiger partial charge in [0.1, 0.15) is 5.75 Å². The summed E-state index contributed by atoms with van der Waals surface area (Å²) in [5.41, 5.74) is 6.75. The second-order valence-corrected chi connectivity index (χ2v) is 4.44. The van der Waals surface area contributed by atoms with Crippen LogP contribution in [0.5, 0.6) is 5.75 Å². The zero-order valence-electron chi connectivity index (χ0n) is 10.5. The Labute approximate surface area is 107 Å². The van der Waals surface area contributed by atoms with Crippen LogP contribution in [0.2, 0.25) is 0 Å². The van der Waals surface area contributed by atoms with Crippen molar-refractivity contribution < 1.29 is 9.53 Å². The van der Waals surface area contributed by atoms with E-state index >= 15 is 0 Å². The fourth-order valence-electron chi connectivity index (χ4n) is 1.98. The van der Waals surface area contributed by atoms with Crippen molar-refractivity contribution in [3.05, 3.63) is 35.9 Å².